The lowest BCUT2D eigenvalue weighted by Gasteiger charge is -2.11. The van der Waals surface area contributed by atoms with Crippen molar-refractivity contribution in [3.05, 3.63) is 26.6 Å². The van der Waals surface area contributed by atoms with Gasteiger partial charge in [0.25, 0.3) is 5.56 Å². The summed E-state index contributed by atoms with van der Waals surface area (Å²) < 4.78 is 14.8. The lowest BCUT2D eigenvalue weighted by Crippen LogP contribution is -2.19. The number of hydrogen-bond donors (Lipinski definition) is 1. The van der Waals surface area contributed by atoms with E-state index in [1.165, 1.54) is 7.11 Å². The Morgan fingerprint density at radius 1 is 1.38 bits per heavy atom. The van der Waals surface area contributed by atoms with Gasteiger partial charge in [0.05, 0.1) is 12.0 Å². The van der Waals surface area contributed by atoms with Crippen molar-refractivity contribution in [2.45, 2.75) is 26.9 Å². The van der Waals surface area contributed by atoms with Crippen molar-refractivity contribution >= 4 is 33.5 Å². The van der Waals surface area contributed by atoms with E-state index in [-0.39, 0.29) is 19.0 Å². The predicted molar refractivity (Wildman–Crippen MR) is 87.3 cm³/mol. The first-order chi connectivity index (χ1) is 11.4. The van der Waals surface area contributed by atoms with Crippen molar-refractivity contribution < 1.29 is 23.8 Å². The maximum Gasteiger partial charge on any atom is 0.348 e. The zero-order chi connectivity index (χ0) is 17.9. The number of nitrogens with one attached hydrogen (secondary N) is 1. The van der Waals surface area contributed by atoms with Crippen LogP contribution in [0.4, 0.5) is 0 Å². The molecule has 0 unspecified atom stereocenters. The van der Waals surface area contributed by atoms with Crippen LogP contribution in [0.5, 0.6) is 0 Å². The van der Waals surface area contributed by atoms with E-state index in [0.29, 0.717) is 20.7 Å². The Kier molecular flexibility index (Phi) is 5.68. The van der Waals surface area contributed by atoms with Crippen LogP contribution in [0.3, 0.4) is 0 Å². The number of aromatic nitrogens is 2. The third-order valence-electron chi connectivity index (χ3n) is 3.24. The molecule has 2 heterocycles. The monoisotopic (exact) mass is 354 g/mol. The fourth-order valence-electron chi connectivity index (χ4n) is 2.15. The first kappa shape index (κ1) is 18.1. The number of carbonyl (C=O) groups is 2. The van der Waals surface area contributed by atoms with Crippen LogP contribution in [0.25, 0.3) is 10.2 Å². The third-order valence-corrected chi connectivity index (χ3v) is 4.40. The first-order valence-corrected chi connectivity index (χ1v) is 8.09. The molecule has 0 spiro atoms. The maximum atomic E-state index is 12.3. The summed E-state index contributed by atoms with van der Waals surface area (Å²) >= 11 is 1.08. The number of ether oxygens (including phenoxy) is 3. The highest BCUT2D eigenvalue weighted by Gasteiger charge is 2.22. The molecule has 0 aromatic carbocycles. The predicted octanol–water partition coefficient (Wildman–Crippen LogP) is 1.72. The molecule has 8 nitrogen and oxygen atoms in total. The molecule has 1 atom stereocenters. The number of thiophene rings is 1. The molecule has 0 aliphatic heterocycles. The Labute approximate surface area is 141 Å². The quantitative estimate of drug-likeness (QED) is 0.787. The normalized spacial score (nSPS) is 12.2. The summed E-state index contributed by atoms with van der Waals surface area (Å²) in [6.07, 6.45) is -0.752. The average Bonchev–Trinajstić information content (AvgIpc) is 2.85. The number of aromatic amines is 1. The molecule has 0 saturated carbocycles. The summed E-state index contributed by atoms with van der Waals surface area (Å²) in [5, 5.41) is 0.335. The number of nitrogens with zero attached hydrogens (tertiary/aromatic N) is 1. The van der Waals surface area contributed by atoms with Crippen LogP contribution >= 0.6 is 11.3 Å². The van der Waals surface area contributed by atoms with Gasteiger partial charge in [0.2, 0.25) is 0 Å². The SMILES string of the molecule is CCOC(=O)c1sc2nc([C@@H](C)OC(=O)COC)[nH]c(=O)c2c1C. The van der Waals surface area contributed by atoms with Gasteiger partial charge in [-0.2, -0.15) is 0 Å². The number of carbonyl (C=O) groups excluding carboxylic acids is 2. The lowest BCUT2D eigenvalue weighted by molar-refractivity contribution is -0.153. The number of esters is 2. The fraction of sp³-hybridized carbons (Fsp3) is 0.467. The van der Waals surface area contributed by atoms with E-state index in [1.54, 1.807) is 20.8 Å². The number of aryl methyl sites for hydroxylation is 1. The Hall–Kier alpha value is -2.26. The zero-order valence-electron chi connectivity index (χ0n) is 13.8. The summed E-state index contributed by atoms with van der Waals surface area (Å²) in [5.74, 6) is -0.852. The van der Waals surface area contributed by atoms with Crippen molar-refractivity contribution in [1.82, 2.24) is 9.97 Å². The molecule has 0 amide bonds. The minimum Gasteiger partial charge on any atom is -0.462 e. The molecule has 2 aromatic heterocycles. The van der Waals surface area contributed by atoms with Gasteiger partial charge in [-0.3, -0.25) is 4.79 Å². The van der Waals surface area contributed by atoms with Crippen LogP contribution in [0, 0.1) is 6.92 Å². The average molecular weight is 354 g/mol. The maximum absolute atomic E-state index is 12.3. The molecule has 0 aliphatic rings. The minimum atomic E-state index is -0.752. The molecular weight excluding hydrogens is 336 g/mol. The van der Waals surface area contributed by atoms with Crippen LogP contribution in [0.15, 0.2) is 4.79 Å². The molecule has 2 aromatic rings. The van der Waals surface area contributed by atoms with E-state index in [2.05, 4.69) is 14.7 Å². The fourth-order valence-corrected chi connectivity index (χ4v) is 3.23. The molecule has 1 N–H and O–H groups in total. The smallest absolute Gasteiger partial charge is 0.348 e. The molecule has 2 rings (SSSR count). The van der Waals surface area contributed by atoms with Gasteiger partial charge in [0.15, 0.2) is 11.9 Å². The highest BCUT2D eigenvalue weighted by molar-refractivity contribution is 7.20. The van der Waals surface area contributed by atoms with Gasteiger partial charge in [0.1, 0.15) is 16.3 Å². The zero-order valence-corrected chi connectivity index (χ0v) is 14.6. The summed E-state index contributed by atoms with van der Waals surface area (Å²) in [6.45, 7) is 5.02. The van der Waals surface area contributed by atoms with E-state index in [1.807, 2.05) is 0 Å². The van der Waals surface area contributed by atoms with E-state index >= 15 is 0 Å². The largest absolute Gasteiger partial charge is 0.462 e. The van der Waals surface area contributed by atoms with Gasteiger partial charge in [-0.25, -0.2) is 14.6 Å². The molecule has 0 radical (unpaired) electrons. The van der Waals surface area contributed by atoms with Gasteiger partial charge in [-0.15, -0.1) is 11.3 Å². The third kappa shape index (κ3) is 3.62. The van der Waals surface area contributed by atoms with Crippen molar-refractivity contribution in [2.75, 3.05) is 20.3 Å². The molecule has 0 saturated heterocycles. The molecule has 130 valence electrons. The van der Waals surface area contributed by atoms with Crippen LogP contribution in [-0.2, 0) is 19.0 Å². The molecule has 9 heteroatoms. The van der Waals surface area contributed by atoms with E-state index in [4.69, 9.17) is 9.47 Å². The van der Waals surface area contributed by atoms with Crippen molar-refractivity contribution in [3.63, 3.8) is 0 Å². The lowest BCUT2D eigenvalue weighted by atomic mass is 10.2. The number of rotatable bonds is 6. The molecular formula is C15H18N2O6S. The standard InChI is InChI=1S/C15H18N2O6S/c1-5-22-15(20)11-7(2)10-13(19)16-12(17-14(10)24-11)8(3)23-9(18)6-21-4/h8H,5-6H2,1-4H3,(H,16,17,19)/t8-/m1/s1. The van der Waals surface area contributed by atoms with Gasteiger partial charge >= 0.3 is 11.9 Å². The van der Waals surface area contributed by atoms with E-state index in [0.717, 1.165) is 11.3 Å². The van der Waals surface area contributed by atoms with E-state index in [9.17, 15) is 14.4 Å². The second-order valence-electron chi connectivity index (χ2n) is 4.97. The van der Waals surface area contributed by atoms with Gasteiger partial charge < -0.3 is 19.2 Å². The summed E-state index contributed by atoms with van der Waals surface area (Å²) in [7, 11) is 1.38. The second kappa shape index (κ2) is 7.54. The van der Waals surface area contributed by atoms with Crippen LogP contribution in [-0.4, -0.2) is 42.2 Å². The number of hydrogen-bond acceptors (Lipinski definition) is 8. The number of H-pyrrole nitrogens is 1. The van der Waals surface area contributed by atoms with Crippen LogP contribution in [0.2, 0.25) is 0 Å². The Morgan fingerprint density at radius 3 is 2.71 bits per heavy atom. The van der Waals surface area contributed by atoms with Crippen molar-refractivity contribution in [3.8, 4) is 0 Å². The Morgan fingerprint density at radius 2 is 2.08 bits per heavy atom. The molecule has 0 aliphatic carbocycles. The highest BCUT2D eigenvalue weighted by atomic mass is 32.1. The van der Waals surface area contributed by atoms with Gasteiger partial charge in [-0.1, -0.05) is 0 Å². The Balaban J connectivity index is 2.41. The van der Waals surface area contributed by atoms with E-state index < -0.39 is 23.6 Å². The molecule has 24 heavy (non-hydrogen) atoms. The summed E-state index contributed by atoms with van der Waals surface area (Å²) in [6, 6.07) is 0. The first-order valence-electron chi connectivity index (χ1n) is 7.27. The molecule has 0 bridgehead atoms. The molecule has 0 fully saturated rings. The minimum absolute atomic E-state index is 0.193. The summed E-state index contributed by atoms with van der Waals surface area (Å²) in [4.78, 5) is 43.4. The highest BCUT2D eigenvalue weighted by Crippen LogP contribution is 2.28. The topological polar surface area (TPSA) is 108 Å². The van der Waals surface area contributed by atoms with Crippen molar-refractivity contribution in [1.29, 1.82) is 0 Å². The van der Waals surface area contributed by atoms with Gasteiger partial charge in [-0.05, 0) is 26.3 Å². The van der Waals surface area contributed by atoms with Crippen molar-refractivity contribution in [2.24, 2.45) is 0 Å². The van der Waals surface area contributed by atoms with Gasteiger partial charge in [0, 0.05) is 7.11 Å². The number of fused-ring (bicyclic) bond motifs is 1. The van der Waals surface area contributed by atoms with Crippen LogP contribution < -0.4 is 5.56 Å². The van der Waals surface area contributed by atoms with Crippen LogP contribution in [0.1, 0.15) is 41.0 Å². The summed E-state index contributed by atoms with van der Waals surface area (Å²) in [5.41, 5.74) is 0.131. The second-order valence-corrected chi connectivity index (χ2v) is 5.97. The Bertz CT molecular complexity index is 825. The number of methoxy groups -OCH3 is 1.